The van der Waals surface area contributed by atoms with E-state index >= 15 is 0 Å². The molecule has 2 aromatic rings. The van der Waals surface area contributed by atoms with Gasteiger partial charge >= 0.3 is 0 Å². The Balaban J connectivity index is 1.73. The molecule has 1 amide bonds. The van der Waals surface area contributed by atoms with Crippen LogP contribution in [0.25, 0.3) is 0 Å². The topological polar surface area (TPSA) is 59.2 Å². The van der Waals surface area contributed by atoms with Crippen LogP contribution in [0.3, 0.4) is 0 Å². The second kappa shape index (κ2) is 7.53. The van der Waals surface area contributed by atoms with Crippen molar-refractivity contribution in [3.05, 3.63) is 65.2 Å². The number of likely N-dealkylation sites (tertiary alicyclic amines) is 1. The molecule has 4 nitrogen and oxygen atoms in total. The highest BCUT2D eigenvalue weighted by molar-refractivity contribution is 5.73. The van der Waals surface area contributed by atoms with Gasteiger partial charge in [-0.3, -0.25) is 14.7 Å². The second-order valence-electron chi connectivity index (χ2n) is 6.28. The number of primary amides is 1. The Morgan fingerprint density at radius 1 is 1.29 bits per heavy atom. The summed E-state index contributed by atoms with van der Waals surface area (Å²) >= 11 is 0. The van der Waals surface area contributed by atoms with Crippen LogP contribution in [0.5, 0.6) is 0 Å². The van der Waals surface area contributed by atoms with E-state index in [1.807, 2.05) is 24.3 Å². The second-order valence-corrected chi connectivity index (χ2v) is 6.28. The van der Waals surface area contributed by atoms with Crippen molar-refractivity contribution in [2.45, 2.75) is 38.3 Å². The number of aryl methyl sites for hydroxylation is 1. The molecule has 1 aromatic carbocycles. The number of hydrogen-bond acceptors (Lipinski definition) is 3. The van der Waals surface area contributed by atoms with Gasteiger partial charge in [-0.25, -0.2) is 4.39 Å². The van der Waals surface area contributed by atoms with E-state index in [0.717, 1.165) is 42.9 Å². The van der Waals surface area contributed by atoms with Gasteiger partial charge in [0.25, 0.3) is 0 Å². The summed E-state index contributed by atoms with van der Waals surface area (Å²) in [6.45, 7) is 1.70. The van der Waals surface area contributed by atoms with Crippen LogP contribution in [0, 0.1) is 5.82 Å². The first kappa shape index (κ1) is 16.6. The Kier molecular flexibility index (Phi) is 5.20. The summed E-state index contributed by atoms with van der Waals surface area (Å²) < 4.78 is 13.4. The molecular formula is C19H22FN3O. The van der Waals surface area contributed by atoms with Gasteiger partial charge < -0.3 is 5.73 Å². The van der Waals surface area contributed by atoms with Gasteiger partial charge in [-0.2, -0.15) is 0 Å². The lowest BCUT2D eigenvalue weighted by molar-refractivity contribution is -0.118. The third kappa shape index (κ3) is 4.17. The zero-order valence-corrected chi connectivity index (χ0v) is 13.6. The predicted octanol–water partition coefficient (Wildman–Crippen LogP) is 2.98. The van der Waals surface area contributed by atoms with E-state index in [1.165, 1.54) is 6.07 Å². The Bertz CT molecular complexity index is 719. The van der Waals surface area contributed by atoms with Crippen molar-refractivity contribution in [3.63, 3.8) is 0 Å². The lowest BCUT2D eigenvalue weighted by atomic mass is 10.1. The number of pyridine rings is 1. The number of carbonyl (C=O) groups excluding carboxylic acids is 1. The van der Waals surface area contributed by atoms with Crippen LogP contribution >= 0.6 is 0 Å². The molecule has 0 aliphatic carbocycles. The van der Waals surface area contributed by atoms with E-state index in [1.54, 1.807) is 12.1 Å². The normalized spacial score (nSPS) is 18.0. The highest BCUT2D eigenvalue weighted by atomic mass is 19.1. The zero-order chi connectivity index (χ0) is 16.9. The molecule has 1 aliphatic heterocycles. The molecule has 0 saturated carbocycles. The molecule has 0 spiro atoms. The van der Waals surface area contributed by atoms with Crippen molar-refractivity contribution in [1.29, 1.82) is 0 Å². The van der Waals surface area contributed by atoms with Gasteiger partial charge in [-0.15, -0.1) is 0 Å². The van der Waals surface area contributed by atoms with Crippen molar-refractivity contribution in [2.75, 3.05) is 6.54 Å². The van der Waals surface area contributed by atoms with Gasteiger partial charge in [0.15, 0.2) is 0 Å². The zero-order valence-electron chi connectivity index (χ0n) is 13.6. The first-order valence-corrected chi connectivity index (χ1v) is 8.34. The van der Waals surface area contributed by atoms with Gasteiger partial charge in [0.05, 0.1) is 11.7 Å². The summed E-state index contributed by atoms with van der Waals surface area (Å²) in [4.78, 5) is 18.0. The lowest BCUT2D eigenvalue weighted by Gasteiger charge is -2.24. The minimum Gasteiger partial charge on any atom is -0.370 e. The molecule has 0 unspecified atom stereocenters. The third-order valence-electron chi connectivity index (χ3n) is 4.44. The van der Waals surface area contributed by atoms with Crippen LogP contribution in [0.2, 0.25) is 0 Å². The first-order chi connectivity index (χ1) is 11.6. The van der Waals surface area contributed by atoms with Crippen molar-refractivity contribution in [1.82, 2.24) is 9.88 Å². The Morgan fingerprint density at radius 2 is 2.12 bits per heavy atom. The Morgan fingerprint density at radius 3 is 2.92 bits per heavy atom. The van der Waals surface area contributed by atoms with Crippen LogP contribution < -0.4 is 5.73 Å². The largest absolute Gasteiger partial charge is 0.370 e. The van der Waals surface area contributed by atoms with Crippen LogP contribution in [-0.2, 0) is 17.8 Å². The fraction of sp³-hybridized carbons (Fsp3) is 0.368. The molecule has 1 saturated heterocycles. The standard InChI is InChI=1S/C19H22FN3O/c20-15-5-1-4-14(12-15)13-23-11-3-8-18(23)17-7-2-6-16(22-17)9-10-19(21)24/h1-2,4-7,12,18H,3,8-11,13H2,(H2,21,24)/t18-/m1/s1. The lowest BCUT2D eigenvalue weighted by Crippen LogP contribution is -2.23. The molecule has 1 aromatic heterocycles. The summed E-state index contributed by atoms with van der Waals surface area (Å²) in [6.07, 6.45) is 3.03. The summed E-state index contributed by atoms with van der Waals surface area (Å²) in [5.41, 5.74) is 8.11. The molecule has 0 radical (unpaired) electrons. The highest BCUT2D eigenvalue weighted by Crippen LogP contribution is 2.32. The van der Waals surface area contributed by atoms with Gasteiger partial charge in [-0.05, 0) is 55.6 Å². The van der Waals surface area contributed by atoms with Crippen molar-refractivity contribution >= 4 is 5.91 Å². The molecule has 126 valence electrons. The number of carbonyl (C=O) groups is 1. The average molecular weight is 327 g/mol. The number of benzene rings is 1. The van der Waals surface area contributed by atoms with Gasteiger partial charge in [-0.1, -0.05) is 18.2 Å². The fourth-order valence-electron chi connectivity index (χ4n) is 3.29. The Labute approximate surface area is 141 Å². The fourth-order valence-corrected chi connectivity index (χ4v) is 3.29. The molecule has 24 heavy (non-hydrogen) atoms. The summed E-state index contributed by atoms with van der Waals surface area (Å²) in [6, 6.07) is 12.9. The number of halogens is 1. The predicted molar refractivity (Wildman–Crippen MR) is 90.5 cm³/mol. The third-order valence-corrected chi connectivity index (χ3v) is 4.44. The molecule has 1 atom stereocenters. The maximum atomic E-state index is 13.4. The van der Waals surface area contributed by atoms with Gasteiger partial charge in [0.2, 0.25) is 5.91 Å². The molecule has 1 aliphatic rings. The average Bonchev–Trinajstić information content (AvgIpc) is 3.01. The Hall–Kier alpha value is -2.27. The van der Waals surface area contributed by atoms with E-state index in [-0.39, 0.29) is 17.8 Å². The summed E-state index contributed by atoms with van der Waals surface area (Å²) in [5.74, 6) is -0.509. The molecule has 2 heterocycles. The number of hydrogen-bond donors (Lipinski definition) is 1. The van der Waals surface area contributed by atoms with E-state index < -0.39 is 0 Å². The molecule has 5 heteroatoms. The van der Waals surface area contributed by atoms with Crippen LogP contribution in [-0.4, -0.2) is 22.3 Å². The van der Waals surface area contributed by atoms with E-state index in [9.17, 15) is 9.18 Å². The van der Waals surface area contributed by atoms with E-state index in [0.29, 0.717) is 12.8 Å². The van der Waals surface area contributed by atoms with Gasteiger partial charge in [0.1, 0.15) is 5.82 Å². The molecular weight excluding hydrogens is 305 g/mol. The number of nitrogens with two attached hydrogens (primary N) is 1. The minimum absolute atomic E-state index is 0.199. The van der Waals surface area contributed by atoms with E-state index in [2.05, 4.69) is 4.90 Å². The van der Waals surface area contributed by atoms with Crippen molar-refractivity contribution in [2.24, 2.45) is 5.73 Å². The highest BCUT2D eigenvalue weighted by Gasteiger charge is 2.27. The number of aromatic nitrogens is 1. The van der Waals surface area contributed by atoms with Crippen LogP contribution in [0.1, 0.15) is 42.3 Å². The number of nitrogens with zero attached hydrogens (tertiary/aromatic N) is 2. The molecule has 1 fully saturated rings. The first-order valence-electron chi connectivity index (χ1n) is 8.34. The quantitative estimate of drug-likeness (QED) is 0.887. The maximum absolute atomic E-state index is 13.4. The van der Waals surface area contributed by atoms with Crippen LogP contribution in [0.15, 0.2) is 42.5 Å². The molecule has 2 N–H and O–H groups in total. The summed E-state index contributed by atoms with van der Waals surface area (Å²) in [7, 11) is 0. The number of rotatable bonds is 6. The molecule has 0 bridgehead atoms. The smallest absolute Gasteiger partial charge is 0.217 e. The van der Waals surface area contributed by atoms with Gasteiger partial charge in [0, 0.05) is 18.7 Å². The summed E-state index contributed by atoms with van der Waals surface area (Å²) in [5, 5.41) is 0. The molecule has 3 rings (SSSR count). The van der Waals surface area contributed by atoms with E-state index in [4.69, 9.17) is 10.7 Å². The van der Waals surface area contributed by atoms with Crippen molar-refractivity contribution < 1.29 is 9.18 Å². The SMILES string of the molecule is NC(=O)CCc1cccc([C@H]2CCCN2Cc2cccc(F)c2)n1. The monoisotopic (exact) mass is 327 g/mol. The van der Waals surface area contributed by atoms with Crippen molar-refractivity contribution in [3.8, 4) is 0 Å². The van der Waals surface area contributed by atoms with Crippen LogP contribution in [0.4, 0.5) is 4.39 Å². The minimum atomic E-state index is -0.309. The maximum Gasteiger partial charge on any atom is 0.217 e. The number of amides is 1.